The van der Waals surface area contributed by atoms with E-state index in [1.54, 1.807) is 61.4 Å². The van der Waals surface area contributed by atoms with Crippen molar-refractivity contribution in [1.29, 1.82) is 0 Å². The number of carbonyl (C=O) groups excluding carboxylic acids is 2. The van der Waals surface area contributed by atoms with E-state index in [1.807, 2.05) is 6.92 Å². The lowest BCUT2D eigenvalue weighted by Crippen LogP contribution is -2.45. The molecule has 1 atom stereocenters. The van der Waals surface area contributed by atoms with Gasteiger partial charge in [0.1, 0.15) is 11.5 Å². The Hall–Kier alpha value is -3.28. The normalized spacial score (nSPS) is 15.6. The number of ether oxygens (including phenoxy) is 2. The SMILES string of the molecule is C=C(C)CN1C(=O)C(C)Oc2ccc(NC(=O)c3cccc(OC)c3)cc21. The maximum Gasteiger partial charge on any atom is 0.268 e. The molecule has 1 aliphatic heterocycles. The molecule has 0 saturated heterocycles. The van der Waals surface area contributed by atoms with Crippen LogP contribution in [0.1, 0.15) is 24.2 Å². The lowest BCUT2D eigenvalue weighted by Gasteiger charge is -2.33. The molecule has 0 radical (unpaired) electrons. The molecule has 1 aliphatic rings. The van der Waals surface area contributed by atoms with Gasteiger partial charge < -0.3 is 19.7 Å². The molecule has 2 aromatic carbocycles. The van der Waals surface area contributed by atoms with Gasteiger partial charge in [0.05, 0.1) is 12.8 Å². The van der Waals surface area contributed by atoms with Crippen molar-refractivity contribution in [3.63, 3.8) is 0 Å². The van der Waals surface area contributed by atoms with E-state index in [1.165, 1.54) is 0 Å². The molecule has 2 amide bonds. The maximum absolute atomic E-state index is 12.5. The first-order valence-electron chi connectivity index (χ1n) is 8.61. The van der Waals surface area contributed by atoms with E-state index < -0.39 is 6.10 Å². The first-order valence-corrected chi connectivity index (χ1v) is 8.61. The molecule has 3 rings (SSSR count). The topological polar surface area (TPSA) is 67.9 Å². The minimum atomic E-state index is -0.561. The third-order valence-corrected chi connectivity index (χ3v) is 4.19. The van der Waals surface area contributed by atoms with Gasteiger partial charge in [-0.15, -0.1) is 0 Å². The van der Waals surface area contributed by atoms with E-state index >= 15 is 0 Å². The number of anilines is 2. The highest BCUT2D eigenvalue weighted by atomic mass is 16.5. The highest BCUT2D eigenvalue weighted by Crippen LogP contribution is 2.36. The van der Waals surface area contributed by atoms with Crippen molar-refractivity contribution in [2.45, 2.75) is 20.0 Å². The predicted octanol–water partition coefficient (Wildman–Crippen LogP) is 3.64. The number of methoxy groups -OCH3 is 1. The quantitative estimate of drug-likeness (QED) is 0.821. The highest BCUT2D eigenvalue weighted by molar-refractivity contribution is 6.06. The van der Waals surface area contributed by atoms with Crippen LogP contribution in [0.25, 0.3) is 0 Å². The lowest BCUT2D eigenvalue weighted by molar-refractivity contribution is -0.125. The summed E-state index contributed by atoms with van der Waals surface area (Å²) in [4.78, 5) is 26.7. The van der Waals surface area contributed by atoms with Crippen molar-refractivity contribution in [2.75, 3.05) is 23.9 Å². The number of carbonyl (C=O) groups is 2. The Kier molecular flexibility index (Phi) is 5.16. The largest absolute Gasteiger partial charge is 0.497 e. The Balaban J connectivity index is 1.88. The number of hydrogen-bond acceptors (Lipinski definition) is 4. The monoisotopic (exact) mass is 366 g/mol. The number of nitrogens with zero attached hydrogens (tertiary/aromatic N) is 1. The van der Waals surface area contributed by atoms with Crippen LogP contribution < -0.4 is 19.7 Å². The van der Waals surface area contributed by atoms with Crippen LogP contribution in [0.4, 0.5) is 11.4 Å². The predicted molar refractivity (Wildman–Crippen MR) is 105 cm³/mol. The average Bonchev–Trinajstić information content (AvgIpc) is 2.65. The van der Waals surface area contributed by atoms with Crippen LogP contribution in [-0.2, 0) is 4.79 Å². The van der Waals surface area contributed by atoms with Crippen LogP contribution >= 0.6 is 0 Å². The average molecular weight is 366 g/mol. The van der Waals surface area contributed by atoms with Crippen LogP contribution in [0, 0.1) is 0 Å². The first kappa shape index (κ1) is 18.5. The lowest BCUT2D eigenvalue weighted by atomic mass is 10.1. The van der Waals surface area contributed by atoms with Crippen LogP contribution in [-0.4, -0.2) is 31.6 Å². The summed E-state index contributed by atoms with van der Waals surface area (Å²) < 4.78 is 10.8. The summed E-state index contributed by atoms with van der Waals surface area (Å²) in [7, 11) is 1.55. The van der Waals surface area contributed by atoms with Gasteiger partial charge in [0, 0.05) is 17.8 Å². The fraction of sp³-hybridized carbons (Fsp3) is 0.238. The van der Waals surface area contributed by atoms with Gasteiger partial charge in [0.15, 0.2) is 6.10 Å². The standard InChI is InChI=1S/C21H22N2O4/c1-13(2)12-23-18-11-16(8-9-19(18)27-14(3)21(23)25)22-20(24)15-6-5-7-17(10-15)26-4/h5-11,14H,1,12H2,2-4H3,(H,22,24). The molecule has 0 bridgehead atoms. The Morgan fingerprint density at radius 1 is 1.30 bits per heavy atom. The van der Waals surface area contributed by atoms with Gasteiger partial charge in [-0.1, -0.05) is 18.2 Å². The molecular formula is C21H22N2O4. The number of benzene rings is 2. The Labute approximate surface area is 158 Å². The van der Waals surface area contributed by atoms with Crippen molar-refractivity contribution in [3.05, 3.63) is 60.2 Å². The van der Waals surface area contributed by atoms with Crippen molar-refractivity contribution in [2.24, 2.45) is 0 Å². The zero-order chi connectivity index (χ0) is 19.6. The molecule has 1 N–H and O–H groups in total. The Morgan fingerprint density at radius 2 is 2.07 bits per heavy atom. The second kappa shape index (κ2) is 7.53. The summed E-state index contributed by atoms with van der Waals surface area (Å²) >= 11 is 0. The number of fused-ring (bicyclic) bond motifs is 1. The fourth-order valence-corrected chi connectivity index (χ4v) is 2.89. The van der Waals surface area contributed by atoms with E-state index in [2.05, 4.69) is 11.9 Å². The number of nitrogens with one attached hydrogen (secondary N) is 1. The third kappa shape index (κ3) is 3.95. The molecule has 6 heteroatoms. The Morgan fingerprint density at radius 3 is 2.78 bits per heavy atom. The van der Waals surface area contributed by atoms with Crippen molar-refractivity contribution in [3.8, 4) is 11.5 Å². The summed E-state index contributed by atoms with van der Waals surface area (Å²) in [6, 6.07) is 12.1. The third-order valence-electron chi connectivity index (χ3n) is 4.19. The van der Waals surface area contributed by atoms with Gasteiger partial charge >= 0.3 is 0 Å². The fourth-order valence-electron chi connectivity index (χ4n) is 2.89. The van der Waals surface area contributed by atoms with Crippen molar-refractivity contribution >= 4 is 23.2 Å². The molecule has 1 heterocycles. The van der Waals surface area contributed by atoms with Crippen molar-refractivity contribution < 1.29 is 19.1 Å². The first-order chi connectivity index (χ1) is 12.9. The number of rotatable bonds is 5. The maximum atomic E-state index is 12.5. The molecule has 2 aromatic rings. The number of amides is 2. The molecule has 27 heavy (non-hydrogen) atoms. The summed E-state index contributed by atoms with van der Waals surface area (Å²) in [5.41, 5.74) is 2.52. The van der Waals surface area contributed by atoms with Crippen LogP contribution in [0.2, 0.25) is 0 Å². The molecule has 1 unspecified atom stereocenters. The van der Waals surface area contributed by atoms with Gasteiger partial charge in [-0.2, -0.15) is 0 Å². The smallest absolute Gasteiger partial charge is 0.268 e. The highest BCUT2D eigenvalue weighted by Gasteiger charge is 2.31. The molecule has 0 fully saturated rings. The van der Waals surface area contributed by atoms with Gasteiger partial charge in [-0.25, -0.2) is 0 Å². The molecule has 0 aromatic heterocycles. The van der Waals surface area contributed by atoms with Gasteiger partial charge in [-0.3, -0.25) is 9.59 Å². The molecule has 0 saturated carbocycles. The zero-order valence-corrected chi connectivity index (χ0v) is 15.6. The Bertz CT molecular complexity index is 907. The molecular weight excluding hydrogens is 344 g/mol. The van der Waals surface area contributed by atoms with Crippen LogP contribution in [0.5, 0.6) is 11.5 Å². The molecule has 6 nitrogen and oxygen atoms in total. The molecule has 140 valence electrons. The summed E-state index contributed by atoms with van der Waals surface area (Å²) in [6.07, 6.45) is -0.561. The van der Waals surface area contributed by atoms with Gasteiger partial charge in [0.2, 0.25) is 0 Å². The summed E-state index contributed by atoms with van der Waals surface area (Å²) in [6.45, 7) is 7.87. The van der Waals surface area contributed by atoms with Crippen LogP contribution in [0.3, 0.4) is 0 Å². The summed E-state index contributed by atoms with van der Waals surface area (Å²) in [5.74, 6) is 0.801. The minimum Gasteiger partial charge on any atom is -0.497 e. The van der Waals surface area contributed by atoms with E-state index in [0.29, 0.717) is 35.0 Å². The zero-order valence-electron chi connectivity index (χ0n) is 15.6. The number of hydrogen-bond donors (Lipinski definition) is 1. The van der Waals surface area contributed by atoms with Gasteiger partial charge in [0.25, 0.3) is 11.8 Å². The van der Waals surface area contributed by atoms with Crippen molar-refractivity contribution in [1.82, 2.24) is 0 Å². The molecule has 0 spiro atoms. The van der Waals surface area contributed by atoms with Gasteiger partial charge in [-0.05, 0) is 50.2 Å². The van der Waals surface area contributed by atoms with E-state index in [9.17, 15) is 9.59 Å². The summed E-state index contributed by atoms with van der Waals surface area (Å²) in [5, 5.41) is 2.85. The van der Waals surface area contributed by atoms with E-state index in [4.69, 9.17) is 9.47 Å². The van der Waals surface area contributed by atoms with E-state index in [0.717, 1.165) is 5.57 Å². The molecule has 0 aliphatic carbocycles. The second-order valence-corrected chi connectivity index (χ2v) is 6.51. The van der Waals surface area contributed by atoms with Crippen LogP contribution in [0.15, 0.2) is 54.6 Å². The minimum absolute atomic E-state index is 0.137. The second-order valence-electron chi connectivity index (χ2n) is 6.51. The van der Waals surface area contributed by atoms with E-state index in [-0.39, 0.29) is 11.8 Å².